The summed E-state index contributed by atoms with van der Waals surface area (Å²) in [6, 6.07) is 0. The maximum absolute atomic E-state index is 5.86. The van der Waals surface area contributed by atoms with Crippen LogP contribution in [0.3, 0.4) is 0 Å². The zero-order valence-electron chi connectivity index (χ0n) is 6.76. The number of aromatic amines is 1. The Kier molecular flexibility index (Phi) is 1.72. The lowest BCUT2D eigenvalue weighted by Gasteiger charge is -2.09. The predicted octanol–water partition coefficient (Wildman–Crippen LogP) is 1.93. The second kappa shape index (κ2) is 2.62. The predicted molar refractivity (Wildman–Crippen MR) is 54.5 cm³/mol. The molecule has 64 valence electrons. The smallest absolute Gasteiger partial charge is 0.135 e. The Balaban J connectivity index is 2.53. The van der Waals surface area contributed by atoms with E-state index in [1.165, 1.54) is 0 Å². The van der Waals surface area contributed by atoms with Crippen LogP contribution in [0.5, 0.6) is 0 Å². The van der Waals surface area contributed by atoms with E-state index in [1.807, 2.05) is 13.1 Å². The highest BCUT2D eigenvalue weighted by molar-refractivity contribution is 9.09. The number of anilines is 1. The molecular weight excluding hydrogens is 218 g/mol. The van der Waals surface area contributed by atoms with Gasteiger partial charge in [-0.1, -0.05) is 15.9 Å². The molecule has 0 aliphatic carbocycles. The van der Waals surface area contributed by atoms with E-state index in [0.717, 1.165) is 29.2 Å². The van der Waals surface area contributed by atoms with Crippen molar-refractivity contribution < 1.29 is 0 Å². The van der Waals surface area contributed by atoms with E-state index in [0.29, 0.717) is 4.83 Å². The average molecular weight is 228 g/mol. The Morgan fingerprint density at radius 2 is 2.50 bits per heavy atom. The van der Waals surface area contributed by atoms with Gasteiger partial charge in [0.05, 0.1) is 10.5 Å². The van der Waals surface area contributed by atoms with E-state index >= 15 is 0 Å². The molecule has 0 radical (unpaired) electrons. The van der Waals surface area contributed by atoms with Gasteiger partial charge >= 0.3 is 0 Å². The molecule has 4 heteroatoms. The van der Waals surface area contributed by atoms with Gasteiger partial charge in [0.15, 0.2) is 0 Å². The summed E-state index contributed by atoms with van der Waals surface area (Å²) in [5.41, 5.74) is 8.86. The molecule has 0 fully saturated rings. The largest absolute Gasteiger partial charge is 0.397 e. The number of nitrogen functional groups attached to an aromatic ring is 1. The number of fused-ring (bicyclic) bond motifs is 1. The summed E-state index contributed by atoms with van der Waals surface area (Å²) in [6.45, 7) is 1.96. The third-order valence-electron chi connectivity index (χ3n) is 2.09. The van der Waals surface area contributed by atoms with Crippen molar-refractivity contribution in [2.75, 3.05) is 5.73 Å². The number of rotatable bonds is 0. The van der Waals surface area contributed by atoms with Crippen molar-refractivity contribution in [1.82, 2.24) is 4.98 Å². The van der Waals surface area contributed by atoms with Crippen LogP contribution in [0.15, 0.2) is 4.99 Å². The van der Waals surface area contributed by atoms with Crippen molar-refractivity contribution in [3.05, 3.63) is 11.3 Å². The number of hydrogen-bond acceptors (Lipinski definition) is 2. The van der Waals surface area contributed by atoms with Crippen molar-refractivity contribution in [2.24, 2.45) is 4.99 Å². The molecule has 12 heavy (non-hydrogen) atoms. The SMILES string of the molecule is Cc1[nH]c2c(c1N)CC(Br)C=N2. The summed E-state index contributed by atoms with van der Waals surface area (Å²) in [7, 11) is 0. The molecule has 1 unspecified atom stereocenters. The van der Waals surface area contributed by atoms with E-state index in [9.17, 15) is 0 Å². The first-order chi connectivity index (χ1) is 5.68. The first kappa shape index (κ1) is 7.86. The molecule has 1 aromatic rings. The number of aromatic nitrogens is 1. The number of H-pyrrole nitrogens is 1. The quantitative estimate of drug-likeness (QED) is 0.655. The molecule has 0 saturated heterocycles. The third kappa shape index (κ3) is 1.06. The molecule has 3 nitrogen and oxygen atoms in total. The number of aliphatic imine (C=N–C) groups is 1. The lowest BCUT2D eigenvalue weighted by molar-refractivity contribution is 1.06. The molecule has 0 saturated carbocycles. The van der Waals surface area contributed by atoms with E-state index < -0.39 is 0 Å². The van der Waals surface area contributed by atoms with Gasteiger partial charge in [0, 0.05) is 17.5 Å². The summed E-state index contributed by atoms with van der Waals surface area (Å²) >= 11 is 3.48. The van der Waals surface area contributed by atoms with Gasteiger partial charge < -0.3 is 10.7 Å². The van der Waals surface area contributed by atoms with Crippen molar-refractivity contribution >= 4 is 33.6 Å². The van der Waals surface area contributed by atoms with Gasteiger partial charge in [-0.25, -0.2) is 4.99 Å². The van der Waals surface area contributed by atoms with Gasteiger partial charge in [-0.3, -0.25) is 0 Å². The van der Waals surface area contributed by atoms with Crippen molar-refractivity contribution in [1.29, 1.82) is 0 Å². The first-order valence-corrected chi connectivity index (χ1v) is 4.75. The first-order valence-electron chi connectivity index (χ1n) is 3.83. The lowest BCUT2D eigenvalue weighted by atomic mass is 10.1. The fourth-order valence-corrected chi connectivity index (χ4v) is 1.84. The Bertz CT molecular complexity index is 340. The minimum atomic E-state index is 0.322. The Labute approximate surface area is 79.2 Å². The van der Waals surface area contributed by atoms with E-state index in [4.69, 9.17) is 5.73 Å². The van der Waals surface area contributed by atoms with Crippen molar-refractivity contribution in [3.8, 4) is 0 Å². The maximum Gasteiger partial charge on any atom is 0.135 e. The second-order valence-corrected chi connectivity index (χ2v) is 4.17. The van der Waals surface area contributed by atoms with Crippen LogP contribution >= 0.6 is 15.9 Å². The van der Waals surface area contributed by atoms with Crippen LogP contribution in [0.1, 0.15) is 11.3 Å². The van der Waals surface area contributed by atoms with E-state index in [2.05, 4.69) is 25.9 Å². The number of nitrogens with one attached hydrogen (secondary N) is 1. The van der Waals surface area contributed by atoms with Gasteiger partial charge in [0.25, 0.3) is 0 Å². The average Bonchev–Trinajstić information content (AvgIpc) is 2.31. The van der Waals surface area contributed by atoms with Gasteiger partial charge in [-0.2, -0.15) is 0 Å². The number of nitrogens with two attached hydrogens (primary N) is 1. The Hall–Kier alpha value is -0.770. The Morgan fingerprint density at radius 3 is 3.25 bits per heavy atom. The number of halogens is 1. The van der Waals surface area contributed by atoms with Crippen LogP contribution in [0.2, 0.25) is 0 Å². The van der Waals surface area contributed by atoms with Crippen LogP contribution < -0.4 is 5.73 Å². The molecular formula is C8H10BrN3. The molecule has 0 amide bonds. The van der Waals surface area contributed by atoms with E-state index in [-0.39, 0.29) is 0 Å². The van der Waals surface area contributed by atoms with Crippen molar-refractivity contribution in [3.63, 3.8) is 0 Å². The normalized spacial score (nSPS) is 21.0. The van der Waals surface area contributed by atoms with Gasteiger partial charge in [0.2, 0.25) is 0 Å². The third-order valence-corrected chi connectivity index (χ3v) is 2.65. The number of nitrogens with zero attached hydrogens (tertiary/aromatic N) is 1. The minimum Gasteiger partial charge on any atom is -0.397 e. The molecule has 0 aromatic carbocycles. The summed E-state index contributed by atoms with van der Waals surface area (Å²) in [6.07, 6.45) is 2.81. The van der Waals surface area contributed by atoms with Crippen LogP contribution in [0, 0.1) is 6.92 Å². The Morgan fingerprint density at radius 1 is 1.75 bits per heavy atom. The molecule has 1 atom stereocenters. The van der Waals surface area contributed by atoms with E-state index in [1.54, 1.807) is 0 Å². The molecule has 0 spiro atoms. The van der Waals surface area contributed by atoms with Gasteiger partial charge in [-0.15, -0.1) is 0 Å². The highest BCUT2D eigenvalue weighted by atomic mass is 79.9. The number of aryl methyl sites for hydroxylation is 1. The molecule has 1 aromatic heterocycles. The zero-order chi connectivity index (χ0) is 8.72. The molecule has 1 aliphatic rings. The molecule has 2 rings (SSSR count). The molecule has 3 N–H and O–H groups in total. The minimum absolute atomic E-state index is 0.322. The molecule has 2 heterocycles. The van der Waals surface area contributed by atoms with Gasteiger partial charge in [-0.05, 0) is 13.3 Å². The summed E-state index contributed by atoms with van der Waals surface area (Å²) in [4.78, 5) is 7.71. The van der Waals surface area contributed by atoms with Crippen LogP contribution in [0.4, 0.5) is 11.5 Å². The van der Waals surface area contributed by atoms with Crippen LogP contribution in [-0.2, 0) is 6.42 Å². The summed E-state index contributed by atoms with van der Waals surface area (Å²) in [5, 5.41) is 0. The molecule has 0 bridgehead atoms. The van der Waals surface area contributed by atoms with Crippen molar-refractivity contribution in [2.45, 2.75) is 18.2 Å². The highest BCUT2D eigenvalue weighted by Crippen LogP contribution is 2.32. The maximum atomic E-state index is 5.86. The fraction of sp³-hybridized carbons (Fsp3) is 0.375. The monoisotopic (exact) mass is 227 g/mol. The van der Waals surface area contributed by atoms with Gasteiger partial charge in [0.1, 0.15) is 5.82 Å². The summed E-state index contributed by atoms with van der Waals surface area (Å²) < 4.78 is 0. The highest BCUT2D eigenvalue weighted by Gasteiger charge is 2.18. The second-order valence-electron chi connectivity index (χ2n) is 2.99. The molecule has 1 aliphatic heterocycles. The number of alkyl halides is 1. The lowest BCUT2D eigenvalue weighted by Crippen LogP contribution is -2.08. The van der Waals surface area contributed by atoms with Crippen LogP contribution in [-0.4, -0.2) is 16.0 Å². The number of hydrogen-bond donors (Lipinski definition) is 2. The fourth-order valence-electron chi connectivity index (χ4n) is 1.39. The standard InChI is InChI=1S/C8H10BrN3/c1-4-7(10)6-2-5(9)3-11-8(6)12-4/h3,5,12H,2,10H2,1H3. The van der Waals surface area contributed by atoms with Crippen LogP contribution in [0.25, 0.3) is 0 Å². The zero-order valence-corrected chi connectivity index (χ0v) is 8.35. The topological polar surface area (TPSA) is 54.2 Å². The summed E-state index contributed by atoms with van der Waals surface area (Å²) in [5.74, 6) is 0.917.